The summed E-state index contributed by atoms with van der Waals surface area (Å²) in [5, 5.41) is 0.783. The summed E-state index contributed by atoms with van der Waals surface area (Å²) in [6.07, 6.45) is 0.642. The van der Waals surface area contributed by atoms with Gasteiger partial charge < -0.3 is 9.78 Å². The summed E-state index contributed by atoms with van der Waals surface area (Å²) in [5.41, 5.74) is 0.652. The summed E-state index contributed by atoms with van der Waals surface area (Å²) in [5.74, 6) is 0. The first-order valence-corrected chi connectivity index (χ1v) is 4.90. The second kappa shape index (κ2) is 3.72. The number of benzene rings is 1. The summed E-state index contributed by atoms with van der Waals surface area (Å²) in [4.78, 5) is 24.4. The third kappa shape index (κ3) is 1.66. The molecule has 0 atom stereocenters. The van der Waals surface area contributed by atoms with Crippen LogP contribution in [-0.4, -0.2) is 15.8 Å². The van der Waals surface area contributed by atoms with Crippen LogP contribution in [-0.2, 0) is 11.3 Å². The van der Waals surface area contributed by atoms with Crippen LogP contribution >= 0.6 is 23.2 Å². The lowest BCUT2D eigenvalue weighted by Crippen LogP contribution is -2.17. The van der Waals surface area contributed by atoms with Crippen LogP contribution in [0.5, 0.6) is 0 Å². The Morgan fingerprint density at radius 3 is 2.80 bits per heavy atom. The Labute approximate surface area is 94.4 Å². The number of hydrogen-bond donors (Lipinski definition) is 1. The van der Waals surface area contributed by atoms with E-state index in [9.17, 15) is 9.59 Å². The van der Waals surface area contributed by atoms with E-state index in [4.69, 9.17) is 23.2 Å². The fourth-order valence-electron chi connectivity index (χ4n) is 1.44. The van der Waals surface area contributed by atoms with Gasteiger partial charge in [-0.25, -0.2) is 4.79 Å². The van der Waals surface area contributed by atoms with E-state index in [0.29, 0.717) is 27.4 Å². The zero-order valence-electron chi connectivity index (χ0n) is 7.46. The summed E-state index contributed by atoms with van der Waals surface area (Å²) in [6, 6.07) is 3.12. The Hall–Kier alpha value is -1.26. The van der Waals surface area contributed by atoms with Gasteiger partial charge >= 0.3 is 5.69 Å². The number of imidazole rings is 1. The number of fused-ring (bicyclic) bond motifs is 1. The number of rotatable bonds is 2. The van der Waals surface area contributed by atoms with Crippen molar-refractivity contribution in [2.75, 3.05) is 0 Å². The average molecular weight is 245 g/mol. The topological polar surface area (TPSA) is 54.9 Å². The molecule has 1 N–H and O–H groups in total. The molecular formula is C9H6Cl2N2O2. The maximum atomic E-state index is 11.4. The standard InChI is InChI=1S/C9H6Cl2N2O2/c10-5-3-6(11)8-7(4-5)13(1-2-14)9(15)12-8/h2-4H,1H2,(H,12,15). The van der Waals surface area contributed by atoms with Gasteiger partial charge in [-0.05, 0) is 12.1 Å². The van der Waals surface area contributed by atoms with E-state index in [0.717, 1.165) is 0 Å². The van der Waals surface area contributed by atoms with Crippen LogP contribution < -0.4 is 5.69 Å². The maximum Gasteiger partial charge on any atom is 0.326 e. The van der Waals surface area contributed by atoms with Crippen molar-refractivity contribution in [3.8, 4) is 0 Å². The van der Waals surface area contributed by atoms with Crippen LogP contribution in [0.25, 0.3) is 11.0 Å². The minimum Gasteiger partial charge on any atom is -0.304 e. The van der Waals surface area contributed by atoms with Gasteiger partial charge in [-0.15, -0.1) is 0 Å². The fraction of sp³-hybridized carbons (Fsp3) is 0.111. The molecule has 4 nitrogen and oxygen atoms in total. The molecule has 0 amide bonds. The lowest BCUT2D eigenvalue weighted by molar-refractivity contribution is -0.108. The first-order chi connectivity index (χ1) is 7.13. The molecule has 2 aromatic rings. The quantitative estimate of drug-likeness (QED) is 0.820. The number of aromatic amines is 1. The lowest BCUT2D eigenvalue weighted by atomic mass is 10.3. The van der Waals surface area contributed by atoms with Crippen LogP contribution in [0, 0.1) is 0 Å². The first kappa shape index (κ1) is 10.3. The number of nitrogens with zero attached hydrogens (tertiary/aromatic N) is 1. The van der Waals surface area contributed by atoms with Crippen molar-refractivity contribution < 1.29 is 4.79 Å². The van der Waals surface area contributed by atoms with Gasteiger partial charge in [0.1, 0.15) is 6.29 Å². The van der Waals surface area contributed by atoms with E-state index in [2.05, 4.69) is 4.98 Å². The highest BCUT2D eigenvalue weighted by Gasteiger charge is 2.09. The van der Waals surface area contributed by atoms with E-state index >= 15 is 0 Å². The molecule has 6 heteroatoms. The van der Waals surface area contributed by atoms with Gasteiger partial charge in [-0.3, -0.25) is 4.57 Å². The highest BCUT2D eigenvalue weighted by atomic mass is 35.5. The summed E-state index contributed by atoms with van der Waals surface area (Å²) in [7, 11) is 0. The Bertz CT molecular complexity index is 586. The normalized spacial score (nSPS) is 10.8. The molecule has 0 bridgehead atoms. The smallest absolute Gasteiger partial charge is 0.304 e. The monoisotopic (exact) mass is 244 g/mol. The molecule has 1 heterocycles. The molecule has 1 aromatic carbocycles. The summed E-state index contributed by atoms with van der Waals surface area (Å²) < 4.78 is 1.28. The van der Waals surface area contributed by atoms with E-state index in [-0.39, 0.29) is 12.2 Å². The first-order valence-electron chi connectivity index (χ1n) is 4.14. The molecule has 15 heavy (non-hydrogen) atoms. The number of halogens is 2. The second-order valence-electron chi connectivity index (χ2n) is 2.99. The van der Waals surface area contributed by atoms with Crippen LogP contribution in [0.2, 0.25) is 10.0 Å². The molecule has 0 fully saturated rings. The van der Waals surface area contributed by atoms with Crippen molar-refractivity contribution in [1.82, 2.24) is 9.55 Å². The number of aromatic nitrogens is 2. The third-order valence-electron chi connectivity index (χ3n) is 2.06. The molecule has 0 aliphatic rings. The van der Waals surface area contributed by atoms with Crippen molar-refractivity contribution in [3.05, 3.63) is 32.7 Å². The van der Waals surface area contributed by atoms with Gasteiger partial charge in [0.25, 0.3) is 0 Å². The molecule has 0 aliphatic carbocycles. The van der Waals surface area contributed by atoms with Crippen LogP contribution in [0.4, 0.5) is 0 Å². The van der Waals surface area contributed by atoms with Crippen molar-refractivity contribution >= 4 is 40.5 Å². The zero-order chi connectivity index (χ0) is 11.0. The number of carbonyl (C=O) groups excluding carboxylic acids is 1. The molecule has 0 aliphatic heterocycles. The largest absolute Gasteiger partial charge is 0.326 e. The SMILES string of the molecule is O=CCn1c(=O)[nH]c2c(Cl)cc(Cl)cc21. The highest BCUT2D eigenvalue weighted by Crippen LogP contribution is 2.25. The highest BCUT2D eigenvalue weighted by molar-refractivity contribution is 6.38. The molecular weight excluding hydrogens is 239 g/mol. The Morgan fingerprint density at radius 2 is 2.13 bits per heavy atom. The predicted molar refractivity (Wildman–Crippen MR) is 58.6 cm³/mol. The van der Waals surface area contributed by atoms with Crippen LogP contribution in [0.1, 0.15) is 0 Å². The van der Waals surface area contributed by atoms with Gasteiger partial charge in [0.15, 0.2) is 0 Å². The fourth-order valence-corrected chi connectivity index (χ4v) is 1.97. The van der Waals surface area contributed by atoms with E-state index < -0.39 is 0 Å². The average Bonchev–Trinajstić information content (AvgIpc) is 2.46. The molecule has 0 saturated carbocycles. The van der Waals surface area contributed by atoms with E-state index in [1.807, 2.05) is 0 Å². The second-order valence-corrected chi connectivity index (χ2v) is 3.83. The summed E-state index contributed by atoms with van der Waals surface area (Å²) >= 11 is 11.7. The maximum absolute atomic E-state index is 11.4. The third-order valence-corrected chi connectivity index (χ3v) is 2.58. The van der Waals surface area contributed by atoms with E-state index in [1.165, 1.54) is 10.6 Å². The minimum atomic E-state index is -0.374. The van der Waals surface area contributed by atoms with Crippen LogP contribution in [0.3, 0.4) is 0 Å². The van der Waals surface area contributed by atoms with E-state index in [1.54, 1.807) is 6.07 Å². The minimum absolute atomic E-state index is 0.0183. The zero-order valence-corrected chi connectivity index (χ0v) is 8.97. The van der Waals surface area contributed by atoms with Crippen LogP contribution in [0.15, 0.2) is 16.9 Å². The Kier molecular flexibility index (Phi) is 2.54. The molecule has 2 rings (SSSR count). The predicted octanol–water partition coefficient (Wildman–Crippen LogP) is 1.84. The molecule has 0 radical (unpaired) electrons. The lowest BCUT2D eigenvalue weighted by Gasteiger charge is -1.98. The van der Waals surface area contributed by atoms with Gasteiger partial charge in [-0.2, -0.15) is 0 Å². The number of H-pyrrole nitrogens is 1. The number of carbonyl (C=O) groups is 1. The van der Waals surface area contributed by atoms with Gasteiger partial charge in [-0.1, -0.05) is 23.2 Å². The number of nitrogens with one attached hydrogen (secondary N) is 1. The van der Waals surface area contributed by atoms with Crippen molar-refractivity contribution in [2.45, 2.75) is 6.54 Å². The molecule has 0 saturated heterocycles. The number of hydrogen-bond acceptors (Lipinski definition) is 2. The Morgan fingerprint density at radius 1 is 1.40 bits per heavy atom. The number of aldehydes is 1. The molecule has 0 spiro atoms. The molecule has 78 valence electrons. The van der Waals surface area contributed by atoms with Gasteiger partial charge in [0.05, 0.1) is 22.6 Å². The van der Waals surface area contributed by atoms with Gasteiger partial charge in [0.2, 0.25) is 0 Å². The molecule has 0 unspecified atom stereocenters. The molecule has 1 aromatic heterocycles. The summed E-state index contributed by atoms with van der Waals surface area (Å²) in [6.45, 7) is -0.0183. The van der Waals surface area contributed by atoms with Crippen molar-refractivity contribution in [3.63, 3.8) is 0 Å². The van der Waals surface area contributed by atoms with Crippen molar-refractivity contribution in [2.24, 2.45) is 0 Å². The Balaban J connectivity index is 2.86. The van der Waals surface area contributed by atoms with Crippen molar-refractivity contribution in [1.29, 1.82) is 0 Å². The van der Waals surface area contributed by atoms with Gasteiger partial charge in [0, 0.05) is 5.02 Å².